The number of hydrogen-bond donors (Lipinski definition) is 1. The number of likely N-dealkylation sites (tertiary alicyclic amines) is 1. The molecule has 4 nitrogen and oxygen atoms in total. The molecule has 0 radical (unpaired) electrons. The second-order valence-electron chi connectivity index (χ2n) is 5.65. The van der Waals surface area contributed by atoms with Crippen molar-refractivity contribution in [2.75, 3.05) is 26.7 Å². The lowest BCUT2D eigenvalue weighted by Gasteiger charge is -2.37. The Morgan fingerprint density at radius 3 is 2.65 bits per heavy atom. The molecule has 1 rings (SSSR count). The van der Waals surface area contributed by atoms with Gasteiger partial charge in [0.1, 0.15) is 0 Å². The quantitative estimate of drug-likeness (QED) is 0.802. The first kappa shape index (κ1) is 14.5. The van der Waals surface area contributed by atoms with Crippen molar-refractivity contribution in [3.63, 3.8) is 0 Å². The fourth-order valence-electron chi connectivity index (χ4n) is 2.56. The summed E-state index contributed by atoms with van der Waals surface area (Å²) in [7, 11) is 1.78. The second kappa shape index (κ2) is 5.83. The van der Waals surface area contributed by atoms with E-state index < -0.39 is 5.60 Å². The van der Waals surface area contributed by atoms with Crippen molar-refractivity contribution >= 4 is 5.91 Å². The largest absolute Gasteiger partial charge is 0.389 e. The van der Waals surface area contributed by atoms with Crippen LogP contribution in [0.2, 0.25) is 0 Å². The average molecular weight is 242 g/mol. The van der Waals surface area contributed by atoms with Gasteiger partial charge in [-0.05, 0) is 39.8 Å². The summed E-state index contributed by atoms with van der Waals surface area (Å²) in [4.78, 5) is 16.2. The molecule has 17 heavy (non-hydrogen) atoms. The van der Waals surface area contributed by atoms with E-state index in [0.29, 0.717) is 6.54 Å². The van der Waals surface area contributed by atoms with Gasteiger partial charge in [-0.25, -0.2) is 0 Å². The van der Waals surface area contributed by atoms with Gasteiger partial charge in [0, 0.05) is 13.6 Å². The SMILES string of the molecule is CCN1CCCCC1C(=O)N(C)CC(C)(C)O. The average Bonchev–Trinajstić information content (AvgIpc) is 2.25. The van der Waals surface area contributed by atoms with E-state index in [2.05, 4.69) is 11.8 Å². The molecule has 1 saturated heterocycles. The highest BCUT2D eigenvalue weighted by atomic mass is 16.3. The van der Waals surface area contributed by atoms with Gasteiger partial charge in [-0.3, -0.25) is 9.69 Å². The smallest absolute Gasteiger partial charge is 0.239 e. The normalized spacial score (nSPS) is 22.5. The monoisotopic (exact) mass is 242 g/mol. The minimum atomic E-state index is -0.823. The molecule has 1 heterocycles. The molecular weight excluding hydrogens is 216 g/mol. The van der Waals surface area contributed by atoms with Crippen LogP contribution in [0.5, 0.6) is 0 Å². The third kappa shape index (κ3) is 4.28. The zero-order chi connectivity index (χ0) is 13.1. The summed E-state index contributed by atoms with van der Waals surface area (Å²) in [5.74, 6) is 0.147. The Morgan fingerprint density at radius 2 is 2.12 bits per heavy atom. The summed E-state index contributed by atoms with van der Waals surface area (Å²) in [6.45, 7) is 7.89. The molecule has 100 valence electrons. The first-order valence-corrected chi connectivity index (χ1v) is 6.56. The van der Waals surface area contributed by atoms with Gasteiger partial charge in [-0.1, -0.05) is 13.3 Å². The van der Waals surface area contributed by atoms with E-state index >= 15 is 0 Å². The third-order valence-corrected chi connectivity index (χ3v) is 3.31. The zero-order valence-corrected chi connectivity index (χ0v) is 11.6. The Bertz CT molecular complexity index is 261. The van der Waals surface area contributed by atoms with Crippen molar-refractivity contribution in [1.82, 2.24) is 9.80 Å². The van der Waals surface area contributed by atoms with Crippen molar-refractivity contribution in [3.8, 4) is 0 Å². The van der Waals surface area contributed by atoms with Crippen molar-refractivity contribution in [1.29, 1.82) is 0 Å². The van der Waals surface area contributed by atoms with E-state index in [1.54, 1.807) is 25.8 Å². The molecule has 4 heteroatoms. The fraction of sp³-hybridized carbons (Fsp3) is 0.923. The molecule has 0 bridgehead atoms. The lowest BCUT2D eigenvalue weighted by atomic mass is 10.0. The maximum absolute atomic E-state index is 12.3. The van der Waals surface area contributed by atoms with Gasteiger partial charge in [0.05, 0.1) is 11.6 Å². The fourth-order valence-corrected chi connectivity index (χ4v) is 2.56. The first-order chi connectivity index (χ1) is 7.85. The Morgan fingerprint density at radius 1 is 1.47 bits per heavy atom. The van der Waals surface area contributed by atoms with Crippen molar-refractivity contribution in [3.05, 3.63) is 0 Å². The van der Waals surface area contributed by atoms with Crippen LogP contribution in [-0.4, -0.2) is 59.1 Å². The van der Waals surface area contributed by atoms with Crippen LogP contribution >= 0.6 is 0 Å². The molecule has 1 unspecified atom stereocenters. The Balaban J connectivity index is 2.60. The number of hydrogen-bond acceptors (Lipinski definition) is 3. The van der Waals surface area contributed by atoms with E-state index in [1.807, 2.05) is 0 Å². The van der Waals surface area contributed by atoms with E-state index in [0.717, 1.165) is 25.9 Å². The number of aliphatic hydroxyl groups is 1. The predicted molar refractivity (Wildman–Crippen MR) is 68.8 cm³/mol. The molecular formula is C13H26N2O2. The van der Waals surface area contributed by atoms with E-state index in [9.17, 15) is 9.90 Å². The molecule has 0 saturated carbocycles. The first-order valence-electron chi connectivity index (χ1n) is 6.56. The van der Waals surface area contributed by atoms with Gasteiger partial charge in [0.15, 0.2) is 0 Å². The summed E-state index contributed by atoms with van der Waals surface area (Å²) >= 11 is 0. The van der Waals surface area contributed by atoms with Crippen LogP contribution in [0.25, 0.3) is 0 Å². The van der Waals surface area contributed by atoms with Crippen LogP contribution in [0.15, 0.2) is 0 Å². The topological polar surface area (TPSA) is 43.8 Å². The van der Waals surface area contributed by atoms with E-state index in [1.165, 1.54) is 6.42 Å². The van der Waals surface area contributed by atoms with Crippen molar-refractivity contribution < 1.29 is 9.90 Å². The van der Waals surface area contributed by atoms with E-state index in [-0.39, 0.29) is 11.9 Å². The van der Waals surface area contributed by atoms with Crippen LogP contribution in [-0.2, 0) is 4.79 Å². The molecule has 1 amide bonds. The molecule has 1 fully saturated rings. The number of carbonyl (C=O) groups is 1. The van der Waals surface area contributed by atoms with Crippen LogP contribution in [0, 0.1) is 0 Å². The molecule has 0 aromatic rings. The molecule has 0 aromatic heterocycles. The summed E-state index contributed by atoms with van der Waals surface area (Å²) < 4.78 is 0. The molecule has 0 aliphatic carbocycles. The van der Waals surface area contributed by atoms with E-state index in [4.69, 9.17) is 0 Å². The number of carbonyl (C=O) groups excluding carboxylic acids is 1. The molecule has 0 aromatic carbocycles. The Labute approximate surface area is 105 Å². The zero-order valence-electron chi connectivity index (χ0n) is 11.6. The van der Waals surface area contributed by atoms with Gasteiger partial charge < -0.3 is 10.0 Å². The van der Waals surface area contributed by atoms with Crippen LogP contribution < -0.4 is 0 Å². The Hall–Kier alpha value is -0.610. The van der Waals surface area contributed by atoms with Gasteiger partial charge in [0.25, 0.3) is 0 Å². The molecule has 1 aliphatic heterocycles. The number of amides is 1. The van der Waals surface area contributed by atoms with Gasteiger partial charge in [-0.15, -0.1) is 0 Å². The lowest BCUT2D eigenvalue weighted by Crippen LogP contribution is -2.52. The Kier molecular flexibility index (Phi) is 4.95. The maximum Gasteiger partial charge on any atom is 0.239 e. The van der Waals surface area contributed by atoms with Crippen molar-refractivity contribution in [2.45, 2.75) is 51.7 Å². The molecule has 1 aliphatic rings. The molecule has 0 spiro atoms. The highest BCUT2D eigenvalue weighted by molar-refractivity contribution is 5.81. The minimum Gasteiger partial charge on any atom is -0.389 e. The van der Waals surface area contributed by atoms with Crippen LogP contribution in [0.3, 0.4) is 0 Å². The summed E-state index contributed by atoms with van der Waals surface area (Å²) in [5.41, 5.74) is -0.823. The summed E-state index contributed by atoms with van der Waals surface area (Å²) in [6.07, 6.45) is 3.26. The van der Waals surface area contributed by atoms with Crippen LogP contribution in [0.1, 0.15) is 40.0 Å². The number of likely N-dealkylation sites (N-methyl/N-ethyl adjacent to an activating group) is 2. The van der Waals surface area contributed by atoms with Gasteiger partial charge >= 0.3 is 0 Å². The van der Waals surface area contributed by atoms with Gasteiger partial charge in [0.2, 0.25) is 5.91 Å². The minimum absolute atomic E-state index is 0.0149. The van der Waals surface area contributed by atoms with Gasteiger partial charge in [-0.2, -0.15) is 0 Å². The molecule has 1 atom stereocenters. The third-order valence-electron chi connectivity index (χ3n) is 3.31. The second-order valence-corrected chi connectivity index (χ2v) is 5.65. The summed E-state index contributed by atoms with van der Waals surface area (Å²) in [5, 5.41) is 9.75. The lowest BCUT2D eigenvalue weighted by molar-refractivity contribution is -0.139. The highest BCUT2D eigenvalue weighted by Crippen LogP contribution is 2.19. The number of nitrogens with zero attached hydrogens (tertiary/aromatic N) is 2. The van der Waals surface area contributed by atoms with Crippen molar-refractivity contribution in [2.24, 2.45) is 0 Å². The van der Waals surface area contributed by atoms with Crippen LogP contribution in [0.4, 0.5) is 0 Å². The summed E-state index contributed by atoms with van der Waals surface area (Å²) in [6, 6.07) is 0.0149. The number of rotatable bonds is 4. The molecule has 1 N–H and O–H groups in total. The maximum atomic E-state index is 12.3. The predicted octanol–water partition coefficient (Wildman–Crippen LogP) is 1.09. The number of piperidine rings is 1. The standard InChI is InChI=1S/C13H26N2O2/c1-5-15-9-7-6-8-11(15)12(16)14(4)10-13(2,3)17/h11,17H,5-10H2,1-4H3. The highest BCUT2D eigenvalue weighted by Gasteiger charge is 2.31.